The van der Waals surface area contributed by atoms with Crippen LogP contribution in [0.2, 0.25) is 0 Å². The Morgan fingerprint density at radius 1 is 1.33 bits per heavy atom. The second-order valence-electron chi connectivity index (χ2n) is 4.77. The molecular weight excluding hydrogens is 287 g/mol. The highest BCUT2D eigenvalue weighted by atomic mass is 19.4. The zero-order valence-corrected chi connectivity index (χ0v) is 11.5. The number of aromatic nitrogens is 2. The van der Waals surface area contributed by atoms with Crippen molar-refractivity contribution in [2.24, 2.45) is 0 Å². The van der Waals surface area contributed by atoms with E-state index in [0.29, 0.717) is 5.82 Å². The lowest BCUT2D eigenvalue weighted by molar-refractivity contribution is -0.181. The van der Waals surface area contributed by atoms with Crippen molar-refractivity contribution in [2.75, 3.05) is 31.5 Å². The third-order valence-electron chi connectivity index (χ3n) is 3.44. The van der Waals surface area contributed by atoms with Gasteiger partial charge in [0.05, 0.1) is 0 Å². The average Bonchev–Trinajstić information content (AvgIpc) is 2.46. The summed E-state index contributed by atoms with van der Waals surface area (Å²) in [5.74, 6) is 0.362. The maximum atomic E-state index is 12.6. The van der Waals surface area contributed by atoms with Crippen molar-refractivity contribution in [1.82, 2.24) is 19.8 Å². The van der Waals surface area contributed by atoms with Gasteiger partial charge in [-0.15, -0.1) is 0 Å². The zero-order chi connectivity index (χ0) is 15.5. The number of rotatable bonds is 2. The van der Waals surface area contributed by atoms with Gasteiger partial charge in [0.15, 0.2) is 0 Å². The van der Waals surface area contributed by atoms with Gasteiger partial charge in [-0.1, -0.05) is 0 Å². The molecule has 1 atom stereocenters. The summed E-state index contributed by atoms with van der Waals surface area (Å²) < 4.78 is 37.9. The Morgan fingerprint density at radius 3 is 2.52 bits per heavy atom. The van der Waals surface area contributed by atoms with E-state index in [0.717, 1.165) is 6.92 Å². The number of nitrogens with zero attached hydrogens (tertiary/aromatic N) is 4. The van der Waals surface area contributed by atoms with E-state index in [1.165, 1.54) is 22.3 Å². The van der Waals surface area contributed by atoms with Gasteiger partial charge in [-0.3, -0.25) is 10.2 Å². The lowest BCUT2D eigenvalue weighted by Gasteiger charge is -2.38. The molecule has 116 valence electrons. The minimum absolute atomic E-state index is 0.192. The maximum Gasteiger partial charge on any atom is 0.403 e. The lowest BCUT2D eigenvalue weighted by Crippen LogP contribution is -2.55. The number of alkyl halides is 3. The summed E-state index contributed by atoms with van der Waals surface area (Å²) in [5, 5.41) is 2.58. The number of anilines is 1. The molecule has 1 aliphatic rings. The van der Waals surface area contributed by atoms with Crippen molar-refractivity contribution in [3.8, 4) is 0 Å². The summed E-state index contributed by atoms with van der Waals surface area (Å²) in [7, 11) is 0. The van der Waals surface area contributed by atoms with Gasteiger partial charge in [0.1, 0.15) is 18.2 Å². The highest BCUT2D eigenvalue weighted by Gasteiger charge is 2.41. The standard InChI is InChI=1S/C12H16F3N5O/c1-9(12(13,14)15)19-4-6-20(7-5-19)11(21)18-10-2-3-16-8-17-10/h2-3,8-9H,4-7H2,1H3,(H,16,17,18,21)/t9-/m0/s1. The average molecular weight is 303 g/mol. The number of carbonyl (C=O) groups is 1. The molecule has 6 nitrogen and oxygen atoms in total. The molecular formula is C12H16F3N5O. The minimum Gasteiger partial charge on any atom is -0.322 e. The van der Waals surface area contributed by atoms with Crippen LogP contribution in [0.5, 0.6) is 0 Å². The largest absolute Gasteiger partial charge is 0.403 e. The van der Waals surface area contributed by atoms with E-state index in [-0.39, 0.29) is 32.2 Å². The number of amides is 2. The molecule has 2 heterocycles. The Bertz CT molecular complexity index is 474. The molecule has 1 aliphatic heterocycles. The van der Waals surface area contributed by atoms with Crippen molar-refractivity contribution in [2.45, 2.75) is 19.1 Å². The van der Waals surface area contributed by atoms with Gasteiger partial charge in [-0.2, -0.15) is 13.2 Å². The molecule has 0 unspecified atom stereocenters. The van der Waals surface area contributed by atoms with Crippen LogP contribution in [-0.2, 0) is 0 Å². The van der Waals surface area contributed by atoms with Crippen LogP contribution in [0.3, 0.4) is 0 Å². The summed E-state index contributed by atoms with van der Waals surface area (Å²) >= 11 is 0. The normalized spacial score (nSPS) is 18.4. The number of nitrogens with one attached hydrogen (secondary N) is 1. The van der Waals surface area contributed by atoms with Gasteiger partial charge in [-0.25, -0.2) is 14.8 Å². The molecule has 21 heavy (non-hydrogen) atoms. The summed E-state index contributed by atoms with van der Waals surface area (Å²) in [6.45, 7) is 2.01. The molecule has 1 fully saturated rings. The van der Waals surface area contributed by atoms with Crippen LogP contribution in [-0.4, -0.2) is 64.2 Å². The number of halogens is 3. The SMILES string of the molecule is C[C@H](N1CCN(C(=O)Nc2ccncn2)CC1)C(F)(F)F. The molecule has 0 aliphatic carbocycles. The predicted octanol–water partition coefficient (Wildman–Crippen LogP) is 1.58. The van der Waals surface area contributed by atoms with Crippen molar-refractivity contribution >= 4 is 11.8 Å². The van der Waals surface area contributed by atoms with Gasteiger partial charge in [0, 0.05) is 32.4 Å². The first kappa shape index (κ1) is 15.5. The van der Waals surface area contributed by atoms with E-state index in [4.69, 9.17) is 0 Å². The number of urea groups is 1. The fourth-order valence-corrected chi connectivity index (χ4v) is 2.07. The van der Waals surface area contributed by atoms with Crippen LogP contribution < -0.4 is 5.32 Å². The molecule has 2 rings (SSSR count). The molecule has 1 aromatic rings. The molecule has 1 N–H and O–H groups in total. The quantitative estimate of drug-likeness (QED) is 0.901. The molecule has 9 heteroatoms. The molecule has 1 saturated heterocycles. The van der Waals surface area contributed by atoms with E-state index >= 15 is 0 Å². The summed E-state index contributed by atoms with van der Waals surface area (Å²) in [6, 6.07) is -0.322. The fourth-order valence-electron chi connectivity index (χ4n) is 2.07. The van der Waals surface area contributed by atoms with Crippen molar-refractivity contribution in [3.63, 3.8) is 0 Å². The lowest BCUT2D eigenvalue weighted by atomic mass is 10.2. The minimum atomic E-state index is -4.24. The Hall–Kier alpha value is -1.90. The summed E-state index contributed by atoms with van der Waals surface area (Å²) in [5.41, 5.74) is 0. The first-order valence-corrected chi connectivity index (χ1v) is 6.50. The van der Waals surface area contributed by atoms with Crippen molar-refractivity contribution < 1.29 is 18.0 Å². The van der Waals surface area contributed by atoms with Gasteiger partial charge in [0.25, 0.3) is 0 Å². The highest BCUT2D eigenvalue weighted by Crippen LogP contribution is 2.25. The Morgan fingerprint density at radius 2 is 2.00 bits per heavy atom. The van der Waals surface area contributed by atoms with Crippen LogP contribution >= 0.6 is 0 Å². The highest BCUT2D eigenvalue weighted by molar-refractivity contribution is 5.88. The number of hydrogen-bond acceptors (Lipinski definition) is 4. The number of hydrogen-bond donors (Lipinski definition) is 1. The summed E-state index contributed by atoms with van der Waals surface area (Å²) in [4.78, 5) is 22.3. The predicted molar refractivity (Wildman–Crippen MR) is 69.7 cm³/mol. The zero-order valence-electron chi connectivity index (χ0n) is 11.5. The number of carbonyl (C=O) groups excluding carboxylic acids is 1. The molecule has 0 aromatic carbocycles. The van der Waals surface area contributed by atoms with Gasteiger partial charge < -0.3 is 4.90 Å². The van der Waals surface area contributed by atoms with Crippen LogP contribution in [0.1, 0.15) is 6.92 Å². The smallest absolute Gasteiger partial charge is 0.322 e. The maximum absolute atomic E-state index is 12.6. The second-order valence-corrected chi connectivity index (χ2v) is 4.77. The van der Waals surface area contributed by atoms with Crippen LogP contribution in [0.15, 0.2) is 18.6 Å². The Labute approximate surface area is 120 Å². The van der Waals surface area contributed by atoms with Gasteiger partial charge >= 0.3 is 12.2 Å². The van der Waals surface area contributed by atoms with E-state index in [1.807, 2.05) is 0 Å². The first-order chi connectivity index (χ1) is 9.88. The first-order valence-electron chi connectivity index (χ1n) is 6.50. The second kappa shape index (κ2) is 6.25. The van der Waals surface area contributed by atoms with E-state index in [1.54, 1.807) is 6.07 Å². The topological polar surface area (TPSA) is 61.4 Å². The molecule has 0 saturated carbocycles. The van der Waals surface area contributed by atoms with Crippen molar-refractivity contribution in [3.05, 3.63) is 18.6 Å². The molecule has 2 amide bonds. The third kappa shape index (κ3) is 4.03. The van der Waals surface area contributed by atoms with Gasteiger partial charge in [-0.05, 0) is 13.0 Å². The fraction of sp³-hybridized carbons (Fsp3) is 0.583. The molecule has 0 bridgehead atoms. The molecule has 0 radical (unpaired) electrons. The third-order valence-corrected chi connectivity index (χ3v) is 3.44. The van der Waals surface area contributed by atoms with E-state index < -0.39 is 12.2 Å². The Kier molecular flexibility index (Phi) is 4.61. The van der Waals surface area contributed by atoms with Crippen molar-refractivity contribution in [1.29, 1.82) is 0 Å². The van der Waals surface area contributed by atoms with Crippen LogP contribution in [0.4, 0.5) is 23.8 Å². The monoisotopic (exact) mass is 303 g/mol. The van der Waals surface area contributed by atoms with Crippen LogP contribution in [0.25, 0.3) is 0 Å². The Balaban J connectivity index is 1.85. The van der Waals surface area contributed by atoms with E-state index in [9.17, 15) is 18.0 Å². The van der Waals surface area contributed by atoms with Crippen LogP contribution in [0, 0.1) is 0 Å². The molecule has 0 spiro atoms. The van der Waals surface area contributed by atoms with E-state index in [2.05, 4.69) is 15.3 Å². The number of piperazine rings is 1. The van der Waals surface area contributed by atoms with Gasteiger partial charge in [0.2, 0.25) is 0 Å². The molecule has 1 aromatic heterocycles. The summed E-state index contributed by atoms with van der Waals surface area (Å²) in [6.07, 6.45) is -1.45.